The molecule has 0 unspecified atom stereocenters. The van der Waals surface area contributed by atoms with Crippen LogP contribution in [0.3, 0.4) is 0 Å². The van der Waals surface area contributed by atoms with E-state index in [4.69, 9.17) is 4.74 Å². The smallest absolute Gasteiger partial charge is 0.222 e. The van der Waals surface area contributed by atoms with Gasteiger partial charge in [0.15, 0.2) is 0 Å². The molecule has 5 heteroatoms. The van der Waals surface area contributed by atoms with E-state index in [1.54, 1.807) is 0 Å². The fourth-order valence-corrected chi connectivity index (χ4v) is 2.46. The van der Waals surface area contributed by atoms with Crippen molar-refractivity contribution < 1.29 is 9.53 Å². The van der Waals surface area contributed by atoms with Crippen molar-refractivity contribution in [2.75, 3.05) is 19.8 Å². The highest BCUT2D eigenvalue weighted by Gasteiger charge is 2.16. The molecule has 2 N–H and O–H groups in total. The number of nitrogens with zero attached hydrogens (tertiary/aromatic N) is 1. The molecule has 1 aromatic rings. The first-order valence-electron chi connectivity index (χ1n) is 7.23. The van der Waals surface area contributed by atoms with E-state index in [1.165, 1.54) is 16.7 Å². The summed E-state index contributed by atoms with van der Waals surface area (Å²) in [4.78, 5) is 16.2. The number of hydrogen-bond donors (Lipinski definition) is 2. The number of amides is 1. The molecule has 110 valence electrons. The third-order valence-electron chi connectivity index (χ3n) is 3.61. The second-order valence-electron chi connectivity index (χ2n) is 4.98. The molecule has 0 fully saturated rings. The number of hydrogen-bond acceptors (Lipinski definition) is 4. The van der Waals surface area contributed by atoms with E-state index in [0.717, 1.165) is 25.2 Å². The van der Waals surface area contributed by atoms with Crippen LogP contribution in [-0.4, -0.2) is 30.6 Å². The first-order valence-corrected chi connectivity index (χ1v) is 7.23. The van der Waals surface area contributed by atoms with Gasteiger partial charge in [-0.15, -0.1) is 0 Å². The average Bonchev–Trinajstić information content (AvgIpc) is 2.46. The van der Waals surface area contributed by atoms with Crippen LogP contribution in [0.15, 0.2) is 6.20 Å². The Morgan fingerprint density at radius 1 is 1.55 bits per heavy atom. The lowest BCUT2D eigenvalue weighted by Gasteiger charge is -2.21. The Labute approximate surface area is 120 Å². The van der Waals surface area contributed by atoms with Crippen LogP contribution in [0.5, 0.6) is 0 Å². The summed E-state index contributed by atoms with van der Waals surface area (Å²) in [5, 5.41) is 6.31. The number of ether oxygens (including phenoxy) is 1. The minimum Gasteiger partial charge on any atom is -0.381 e. The number of aromatic nitrogens is 1. The fraction of sp³-hybridized carbons (Fsp3) is 0.600. The number of fused-ring (bicyclic) bond motifs is 1. The maximum Gasteiger partial charge on any atom is 0.222 e. The van der Waals surface area contributed by atoms with Crippen LogP contribution in [0, 0.1) is 6.92 Å². The van der Waals surface area contributed by atoms with Crippen LogP contribution in [0.2, 0.25) is 0 Å². The number of rotatable bonds is 6. The molecule has 0 aromatic carbocycles. The van der Waals surface area contributed by atoms with Crippen molar-refractivity contribution in [3.05, 3.63) is 28.6 Å². The molecule has 0 atom stereocenters. The van der Waals surface area contributed by atoms with Crippen LogP contribution >= 0.6 is 0 Å². The number of nitrogens with one attached hydrogen (secondary N) is 2. The van der Waals surface area contributed by atoms with Crippen molar-refractivity contribution in [2.24, 2.45) is 0 Å². The Kier molecular flexibility index (Phi) is 5.49. The van der Waals surface area contributed by atoms with E-state index < -0.39 is 0 Å². The zero-order valence-electron chi connectivity index (χ0n) is 12.3. The van der Waals surface area contributed by atoms with Crippen molar-refractivity contribution in [3.8, 4) is 0 Å². The van der Waals surface area contributed by atoms with Crippen molar-refractivity contribution in [3.63, 3.8) is 0 Å². The Balaban J connectivity index is 1.97. The highest BCUT2D eigenvalue weighted by molar-refractivity contribution is 5.76. The van der Waals surface area contributed by atoms with Gasteiger partial charge in [0.25, 0.3) is 0 Å². The molecule has 0 radical (unpaired) electrons. The molecule has 0 aliphatic carbocycles. The van der Waals surface area contributed by atoms with Gasteiger partial charge in [-0.25, -0.2) is 0 Å². The van der Waals surface area contributed by atoms with Gasteiger partial charge in [-0.3, -0.25) is 9.78 Å². The molecule has 5 nitrogen and oxygen atoms in total. The third-order valence-corrected chi connectivity index (χ3v) is 3.61. The quantitative estimate of drug-likeness (QED) is 0.764. The normalized spacial score (nSPS) is 13.9. The van der Waals surface area contributed by atoms with Gasteiger partial charge in [-0.1, -0.05) is 0 Å². The minimum absolute atomic E-state index is 0.0318. The summed E-state index contributed by atoms with van der Waals surface area (Å²) in [6.07, 6.45) is 3.36. The molecule has 20 heavy (non-hydrogen) atoms. The Morgan fingerprint density at radius 2 is 2.40 bits per heavy atom. The molecule has 0 spiro atoms. The van der Waals surface area contributed by atoms with Crippen molar-refractivity contribution in [2.45, 2.75) is 39.8 Å². The second-order valence-corrected chi connectivity index (χ2v) is 4.98. The molecule has 1 aliphatic heterocycles. The first-order chi connectivity index (χ1) is 9.72. The van der Waals surface area contributed by atoms with Gasteiger partial charge in [0.1, 0.15) is 0 Å². The summed E-state index contributed by atoms with van der Waals surface area (Å²) in [5.74, 6) is 0.0318. The van der Waals surface area contributed by atoms with Crippen LogP contribution in [0.25, 0.3) is 0 Å². The molecule has 2 heterocycles. The van der Waals surface area contributed by atoms with E-state index in [2.05, 4.69) is 15.6 Å². The van der Waals surface area contributed by atoms with E-state index in [9.17, 15) is 4.79 Å². The lowest BCUT2D eigenvalue weighted by atomic mass is 9.96. The third kappa shape index (κ3) is 3.77. The van der Waals surface area contributed by atoms with Gasteiger partial charge in [0.2, 0.25) is 5.91 Å². The molecule has 0 saturated carbocycles. The van der Waals surface area contributed by atoms with Gasteiger partial charge in [0.05, 0.1) is 6.61 Å². The highest BCUT2D eigenvalue weighted by atomic mass is 16.5. The highest BCUT2D eigenvalue weighted by Crippen LogP contribution is 2.20. The zero-order valence-corrected chi connectivity index (χ0v) is 12.3. The lowest BCUT2D eigenvalue weighted by Crippen LogP contribution is -2.29. The van der Waals surface area contributed by atoms with Gasteiger partial charge in [-0.2, -0.15) is 0 Å². The van der Waals surface area contributed by atoms with Crippen molar-refractivity contribution >= 4 is 5.91 Å². The minimum atomic E-state index is 0.0318. The largest absolute Gasteiger partial charge is 0.381 e. The molecular weight excluding hydrogens is 254 g/mol. The van der Waals surface area contributed by atoms with Gasteiger partial charge >= 0.3 is 0 Å². The fourth-order valence-electron chi connectivity index (χ4n) is 2.46. The maximum atomic E-state index is 11.7. The lowest BCUT2D eigenvalue weighted by molar-refractivity contribution is -0.122. The van der Waals surface area contributed by atoms with E-state index in [-0.39, 0.29) is 5.91 Å². The van der Waals surface area contributed by atoms with Crippen LogP contribution in [-0.2, 0) is 29.0 Å². The first kappa shape index (κ1) is 14.9. The molecular formula is C15H23N3O2. The van der Waals surface area contributed by atoms with Crippen LogP contribution in [0.1, 0.15) is 35.7 Å². The summed E-state index contributed by atoms with van der Waals surface area (Å²) in [5.41, 5.74) is 4.78. The maximum absolute atomic E-state index is 11.7. The van der Waals surface area contributed by atoms with Crippen molar-refractivity contribution in [1.29, 1.82) is 0 Å². The predicted molar refractivity (Wildman–Crippen MR) is 77.3 cm³/mol. The number of carbonyl (C=O) groups excluding carboxylic acids is 1. The molecule has 1 aliphatic rings. The topological polar surface area (TPSA) is 63.2 Å². The zero-order chi connectivity index (χ0) is 14.4. The second kappa shape index (κ2) is 7.36. The van der Waals surface area contributed by atoms with Gasteiger partial charge in [0, 0.05) is 38.0 Å². The van der Waals surface area contributed by atoms with Crippen LogP contribution in [0.4, 0.5) is 0 Å². The van der Waals surface area contributed by atoms with Crippen LogP contribution < -0.4 is 10.6 Å². The molecule has 2 rings (SSSR count). The van der Waals surface area contributed by atoms with E-state index in [0.29, 0.717) is 26.2 Å². The summed E-state index contributed by atoms with van der Waals surface area (Å²) in [6.45, 7) is 7.48. The monoisotopic (exact) mass is 277 g/mol. The Bertz CT molecular complexity index is 474. The summed E-state index contributed by atoms with van der Waals surface area (Å²) < 4.78 is 5.19. The summed E-state index contributed by atoms with van der Waals surface area (Å²) in [6, 6.07) is 0. The van der Waals surface area contributed by atoms with Crippen molar-refractivity contribution in [1.82, 2.24) is 15.6 Å². The molecule has 0 saturated heterocycles. The summed E-state index contributed by atoms with van der Waals surface area (Å²) >= 11 is 0. The summed E-state index contributed by atoms with van der Waals surface area (Å²) in [7, 11) is 0. The number of pyridine rings is 1. The standard InChI is InChI=1S/C15H23N3O2/c1-3-20-7-5-15(19)18-10-14-11(2)17-9-12-8-16-6-4-13(12)14/h9,16H,3-8,10H2,1-2H3,(H,18,19). The Morgan fingerprint density at radius 3 is 3.20 bits per heavy atom. The molecule has 1 amide bonds. The Hall–Kier alpha value is -1.46. The van der Waals surface area contributed by atoms with E-state index in [1.807, 2.05) is 20.0 Å². The number of aryl methyl sites for hydroxylation is 1. The molecule has 0 bridgehead atoms. The SMILES string of the molecule is CCOCCC(=O)NCc1c(C)ncc2c1CCNC2. The van der Waals surface area contributed by atoms with E-state index >= 15 is 0 Å². The predicted octanol–water partition coefficient (Wildman–Crippen LogP) is 1.08. The average molecular weight is 277 g/mol. The van der Waals surface area contributed by atoms with Gasteiger partial charge < -0.3 is 15.4 Å². The van der Waals surface area contributed by atoms with Gasteiger partial charge in [-0.05, 0) is 43.5 Å². The molecule has 1 aromatic heterocycles. The number of carbonyl (C=O) groups is 1.